The number of rotatable bonds is 3. The fourth-order valence-electron chi connectivity index (χ4n) is 4.33. The maximum absolute atomic E-state index is 12.2. The quantitative estimate of drug-likeness (QED) is 0.906. The predicted octanol–water partition coefficient (Wildman–Crippen LogP) is 2.01. The number of nitrogens with one attached hydrogen (secondary N) is 1. The highest BCUT2D eigenvalue weighted by atomic mass is 32.2. The first-order valence-electron chi connectivity index (χ1n) is 6.74. The van der Waals surface area contributed by atoms with Crippen LogP contribution in [0.5, 0.6) is 0 Å². The highest BCUT2D eigenvalue weighted by Gasteiger charge is 2.65. The van der Waals surface area contributed by atoms with Crippen LogP contribution in [0.4, 0.5) is 0 Å². The lowest BCUT2D eigenvalue weighted by Gasteiger charge is -2.11. The van der Waals surface area contributed by atoms with Gasteiger partial charge in [-0.25, -0.2) is 13.1 Å². The molecule has 3 aliphatic rings. The summed E-state index contributed by atoms with van der Waals surface area (Å²) in [6.45, 7) is 0. The summed E-state index contributed by atoms with van der Waals surface area (Å²) < 4.78 is 27.4. The lowest BCUT2D eigenvalue weighted by molar-refractivity contribution is 0.456. The van der Waals surface area contributed by atoms with E-state index in [-0.39, 0.29) is 6.04 Å². The molecule has 96 valence electrons. The summed E-state index contributed by atoms with van der Waals surface area (Å²) >= 11 is 0. The Balaban J connectivity index is 1.54. The minimum absolute atomic E-state index is 0.224. The summed E-state index contributed by atoms with van der Waals surface area (Å²) in [5, 5.41) is 0. The molecule has 0 amide bonds. The van der Waals surface area contributed by atoms with Crippen molar-refractivity contribution in [2.75, 3.05) is 0 Å². The fourth-order valence-corrected chi connectivity index (χ4v) is 5.65. The molecule has 4 unspecified atom stereocenters. The molecule has 1 aromatic carbocycles. The lowest BCUT2D eigenvalue weighted by Crippen LogP contribution is -2.30. The van der Waals surface area contributed by atoms with E-state index in [0.29, 0.717) is 16.7 Å². The molecule has 0 saturated heterocycles. The smallest absolute Gasteiger partial charge is 0.207 e. The molecule has 18 heavy (non-hydrogen) atoms. The largest absolute Gasteiger partial charge is 0.240 e. The van der Waals surface area contributed by atoms with E-state index in [9.17, 15) is 8.42 Å². The Morgan fingerprint density at radius 1 is 1.00 bits per heavy atom. The van der Waals surface area contributed by atoms with Crippen molar-refractivity contribution in [3.8, 4) is 0 Å². The molecule has 1 N–H and O–H groups in total. The molecule has 4 heteroatoms. The number of hydrogen-bond acceptors (Lipinski definition) is 2. The molecule has 1 aromatic rings. The molecule has 3 aliphatic carbocycles. The third-order valence-corrected chi connectivity index (χ3v) is 6.56. The van der Waals surface area contributed by atoms with Crippen molar-refractivity contribution in [1.29, 1.82) is 0 Å². The molecule has 0 aromatic heterocycles. The Hall–Kier alpha value is -0.870. The third kappa shape index (κ3) is 1.48. The minimum Gasteiger partial charge on any atom is -0.207 e. The van der Waals surface area contributed by atoms with Crippen LogP contribution in [0.1, 0.15) is 19.3 Å². The predicted molar refractivity (Wildman–Crippen MR) is 68.4 cm³/mol. The van der Waals surface area contributed by atoms with Crippen molar-refractivity contribution >= 4 is 10.0 Å². The third-order valence-electron chi connectivity index (χ3n) is 5.08. The van der Waals surface area contributed by atoms with E-state index in [1.54, 1.807) is 24.3 Å². The maximum Gasteiger partial charge on any atom is 0.240 e. The minimum atomic E-state index is -3.31. The van der Waals surface area contributed by atoms with Crippen molar-refractivity contribution in [3.05, 3.63) is 30.3 Å². The molecular formula is C14H17NO2S. The molecule has 4 atom stereocenters. The van der Waals surface area contributed by atoms with Gasteiger partial charge in [-0.1, -0.05) is 18.2 Å². The summed E-state index contributed by atoms with van der Waals surface area (Å²) in [5.74, 6) is 2.87. The van der Waals surface area contributed by atoms with Crippen molar-refractivity contribution in [2.45, 2.75) is 30.2 Å². The number of sulfonamides is 1. The zero-order valence-corrected chi connectivity index (χ0v) is 10.9. The topological polar surface area (TPSA) is 46.2 Å². The average molecular weight is 263 g/mol. The monoisotopic (exact) mass is 263 g/mol. The first kappa shape index (κ1) is 11.0. The van der Waals surface area contributed by atoms with Gasteiger partial charge in [0.15, 0.2) is 0 Å². The normalized spacial score (nSPS) is 40.8. The zero-order valence-electron chi connectivity index (χ0n) is 10.1. The Bertz CT molecular complexity index is 553. The Labute approximate surface area is 108 Å². The lowest BCUT2D eigenvalue weighted by atomic mass is 10.0. The van der Waals surface area contributed by atoms with Crippen molar-refractivity contribution in [2.24, 2.45) is 23.7 Å². The number of benzene rings is 1. The second-order valence-corrected chi connectivity index (χ2v) is 7.66. The Morgan fingerprint density at radius 3 is 2.22 bits per heavy atom. The molecule has 0 radical (unpaired) electrons. The molecule has 3 fully saturated rings. The van der Waals surface area contributed by atoms with E-state index in [1.165, 1.54) is 19.3 Å². The van der Waals surface area contributed by atoms with Gasteiger partial charge in [-0.2, -0.15) is 0 Å². The molecule has 0 spiro atoms. The first-order chi connectivity index (χ1) is 8.67. The summed E-state index contributed by atoms with van der Waals surface area (Å²) in [5.41, 5.74) is 0. The summed E-state index contributed by atoms with van der Waals surface area (Å²) in [4.78, 5) is 0.391. The molecule has 4 rings (SSSR count). The SMILES string of the molecule is O=S(=O)(NC1C2C3CCC(C3)C12)c1ccccc1. The first-order valence-corrected chi connectivity index (χ1v) is 8.22. The van der Waals surface area contributed by atoms with Gasteiger partial charge in [-0.15, -0.1) is 0 Å². The fraction of sp³-hybridized carbons (Fsp3) is 0.571. The van der Waals surface area contributed by atoms with Crippen LogP contribution in [0, 0.1) is 23.7 Å². The summed E-state index contributed by atoms with van der Waals surface area (Å²) in [6.07, 6.45) is 3.98. The van der Waals surface area contributed by atoms with Crippen LogP contribution in [-0.2, 0) is 10.0 Å². The van der Waals surface area contributed by atoms with E-state index in [2.05, 4.69) is 4.72 Å². The van der Waals surface area contributed by atoms with Gasteiger partial charge in [0.2, 0.25) is 10.0 Å². The number of hydrogen-bond donors (Lipinski definition) is 1. The van der Waals surface area contributed by atoms with Crippen molar-refractivity contribution < 1.29 is 8.42 Å². The molecular weight excluding hydrogens is 246 g/mol. The molecule has 3 nitrogen and oxygen atoms in total. The van der Waals surface area contributed by atoms with E-state index < -0.39 is 10.0 Å². The molecule has 3 saturated carbocycles. The van der Waals surface area contributed by atoms with E-state index in [0.717, 1.165) is 11.8 Å². The summed E-state index contributed by atoms with van der Waals surface area (Å²) in [7, 11) is -3.31. The van der Waals surface area contributed by atoms with Crippen LogP contribution in [0.15, 0.2) is 35.2 Å². The van der Waals surface area contributed by atoms with Gasteiger partial charge in [0.25, 0.3) is 0 Å². The van der Waals surface area contributed by atoms with Gasteiger partial charge in [0.05, 0.1) is 4.90 Å². The Morgan fingerprint density at radius 2 is 1.61 bits per heavy atom. The zero-order chi connectivity index (χ0) is 12.3. The van der Waals surface area contributed by atoms with Crippen molar-refractivity contribution in [1.82, 2.24) is 4.72 Å². The van der Waals surface area contributed by atoms with E-state index in [4.69, 9.17) is 0 Å². The van der Waals surface area contributed by atoms with Gasteiger partial charge >= 0.3 is 0 Å². The highest BCUT2D eigenvalue weighted by Crippen LogP contribution is 2.65. The summed E-state index contributed by atoms with van der Waals surface area (Å²) in [6, 6.07) is 8.93. The van der Waals surface area contributed by atoms with Crippen LogP contribution in [0.3, 0.4) is 0 Å². The van der Waals surface area contributed by atoms with Crippen LogP contribution in [0.2, 0.25) is 0 Å². The van der Waals surface area contributed by atoms with Gasteiger partial charge in [0.1, 0.15) is 0 Å². The molecule has 0 heterocycles. The van der Waals surface area contributed by atoms with Gasteiger partial charge < -0.3 is 0 Å². The van der Waals surface area contributed by atoms with E-state index >= 15 is 0 Å². The molecule has 2 bridgehead atoms. The number of fused-ring (bicyclic) bond motifs is 5. The maximum atomic E-state index is 12.2. The van der Waals surface area contributed by atoms with Gasteiger partial charge in [0, 0.05) is 6.04 Å². The second kappa shape index (κ2) is 3.58. The standard InChI is InChI=1S/C14H17NO2S/c16-18(17,11-4-2-1-3-5-11)15-14-12-9-6-7-10(8-9)13(12)14/h1-5,9-10,12-15H,6-8H2. The van der Waals surface area contributed by atoms with Crippen molar-refractivity contribution in [3.63, 3.8) is 0 Å². The average Bonchev–Trinajstić information content (AvgIpc) is 2.77. The van der Waals surface area contributed by atoms with Crippen LogP contribution < -0.4 is 4.72 Å². The molecule has 0 aliphatic heterocycles. The van der Waals surface area contributed by atoms with Gasteiger partial charge in [-0.3, -0.25) is 0 Å². The second-order valence-electron chi connectivity index (χ2n) is 5.95. The van der Waals surface area contributed by atoms with Crippen LogP contribution >= 0.6 is 0 Å². The van der Waals surface area contributed by atoms with Crippen LogP contribution in [0.25, 0.3) is 0 Å². The van der Waals surface area contributed by atoms with Gasteiger partial charge in [-0.05, 0) is 55.1 Å². The highest BCUT2D eigenvalue weighted by molar-refractivity contribution is 7.89. The Kier molecular flexibility index (Phi) is 2.19. The van der Waals surface area contributed by atoms with Crippen LogP contribution in [-0.4, -0.2) is 14.5 Å². The van der Waals surface area contributed by atoms with E-state index in [1.807, 2.05) is 6.07 Å².